The van der Waals surface area contributed by atoms with E-state index in [0.717, 1.165) is 29.9 Å². The lowest BCUT2D eigenvalue weighted by molar-refractivity contribution is -0.0196. The third-order valence-electron chi connectivity index (χ3n) is 2.01. The van der Waals surface area contributed by atoms with Gasteiger partial charge in [0.1, 0.15) is 0 Å². The molecule has 0 radical (unpaired) electrons. The zero-order chi connectivity index (χ0) is 9.10. The van der Waals surface area contributed by atoms with Crippen LogP contribution in [-0.4, -0.2) is 19.0 Å². The molecular weight excluding hydrogens is 204 g/mol. The van der Waals surface area contributed by atoms with Gasteiger partial charge in [0.15, 0.2) is 0 Å². The summed E-state index contributed by atoms with van der Waals surface area (Å²) in [5.74, 6) is 1.91. The maximum Gasteiger partial charge on any atom is 0.0524 e. The van der Waals surface area contributed by atoms with E-state index in [4.69, 9.17) is 16.3 Å². The molecule has 1 heterocycles. The van der Waals surface area contributed by atoms with E-state index in [1.54, 1.807) is 0 Å². The van der Waals surface area contributed by atoms with E-state index in [1.807, 2.05) is 23.9 Å². The Morgan fingerprint density at radius 1 is 1.31 bits per heavy atom. The summed E-state index contributed by atoms with van der Waals surface area (Å²) in [5, 5.41) is 0.802. The van der Waals surface area contributed by atoms with Gasteiger partial charge in [0, 0.05) is 21.6 Å². The second-order valence-electron chi connectivity index (χ2n) is 3.17. The average molecular weight is 215 g/mol. The van der Waals surface area contributed by atoms with E-state index >= 15 is 0 Å². The first-order valence-corrected chi connectivity index (χ1v) is 5.67. The normalized spacial score (nSPS) is 17.0. The molecule has 0 bridgehead atoms. The molecule has 1 aromatic rings. The summed E-state index contributed by atoms with van der Waals surface area (Å²) < 4.78 is 5.11. The molecule has 2 rings (SSSR count). The van der Waals surface area contributed by atoms with E-state index in [9.17, 15) is 0 Å². The molecule has 0 aromatic heterocycles. The zero-order valence-electron chi connectivity index (χ0n) is 7.20. The predicted molar refractivity (Wildman–Crippen MR) is 56.5 cm³/mol. The van der Waals surface area contributed by atoms with Crippen molar-refractivity contribution >= 4 is 23.4 Å². The topological polar surface area (TPSA) is 9.23 Å². The quantitative estimate of drug-likeness (QED) is 0.716. The van der Waals surface area contributed by atoms with Gasteiger partial charge in [-0.1, -0.05) is 11.6 Å². The fourth-order valence-corrected chi connectivity index (χ4v) is 2.20. The van der Waals surface area contributed by atoms with Gasteiger partial charge in [-0.25, -0.2) is 0 Å². The fraction of sp³-hybridized carbons (Fsp3) is 0.400. The Hall–Kier alpha value is -0.180. The number of ether oxygens (including phenoxy) is 1. The Balaban J connectivity index is 1.83. The number of hydrogen-bond donors (Lipinski definition) is 0. The Bertz CT molecular complexity index is 269. The highest BCUT2D eigenvalue weighted by atomic mass is 35.5. The van der Waals surface area contributed by atoms with Gasteiger partial charge in [-0.15, -0.1) is 11.8 Å². The monoisotopic (exact) mass is 214 g/mol. The Kier molecular flexibility index (Phi) is 3.14. The van der Waals surface area contributed by atoms with Crippen molar-refractivity contribution in [2.45, 2.75) is 4.90 Å². The van der Waals surface area contributed by atoms with Crippen LogP contribution in [0, 0.1) is 5.92 Å². The molecule has 0 amide bonds. The maximum atomic E-state index is 5.78. The Morgan fingerprint density at radius 2 is 2.00 bits per heavy atom. The van der Waals surface area contributed by atoms with Gasteiger partial charge in [-0.05, 0) is 24.3 Å². The SMILES string of the molecule is Clc1ccc(SCC2COC2)cc1. The molecule has 70 valence electrons. The third-order valence-corrected chi connectivity index (χ3v) is 3.50. The molecule has 1 aliphatic rings. The molecule has 0 saturated carbocycles. The summed E-state index contributed by atoms with van der Waals surface area (Å²) in [7, 11) is 0. The number of hydrogen-bond acceptors (Lipinski definition) is 2. The minimum atomic E-state index is 0.751. The summed E-state index contributed by atoms with van der Waals surface area (Å²) in [6, 6.07) is 7.99. The van der Waals surface area contributed by atoms with Crippen molar-refractivity contribution in [1.82, 2.24) is 0 Å². The third kappa shape index (κ3) is 2.63. The second-order valence-corrected chi connectivity index (χ2v) is 4.70. The van der Waals surface area contributed by atoms with Crippen LogP contribution < -0.4 is 0 Å². The molecule has 0 spiro atoms. The number of halogens is 1. The Labute approximate surface area is 87.4 Å². The van der Waals surface area contributed by atoms with Crippen LogP contribution in [0.25, 0.3) is 0 Å². The average Bonchev–Trinajstić information content (AvgIpc) is 2.05. The van der Waals surface area contributed by atoms with Gasteiger partial charge in [0.25, 0.3) is 0 Å². The smallest absolute Gasteiger partial charge is 0.0524 e. The molecule has 0 N–H and O–H groups in total. The van der Waals surface area contributed by atoms with Crippen molar-refractivity contribution in [1.29, 1.82) is 0 Å². The van der Waals surface area contributed by atoms with Crippen LogP contribution in [0.15, 0.2) is 29.2 Å². The fourth-order valence-electron chi connectivity index (χ4n) is 1.13. The molecular formula is C10H11ClOS. The van der Waals surface area contributed by atoms with E-state index < -0.39 is 0 Å². The van der Waals surface area contributed by atoms with Gasteiger partial charge in [-0.3, -0.25) is 0 Å². The summed E-state index contributed by atoms with van der Waals surface area (Å²) in [5.41, 5.74) is 0. The van der Waals surface area contributed by atoms with Crippen LogP contribution in [0.5, 0.6) is 0 Å². The van der Waals surface area contributed by atoms with Crippen LogP contribution in [0.1, 0.15) is 0 Å². The molecule has 1 aromatic carbocycles. The lowest BCUT2D eigenvalue weighted by Crippen LogP contribution is -2.29. The molecule has 1 nitrogen and oxygen atoms in total. The van der Waals surface area contributed by atoms with Crippen molar-refractivity contribution in [3.63, 3.8) is 0 Å². The summed E-state index contributed by atoms with van der Waals surface area (Å²) in [6.07, 6.45) is 0. The lowest BCUT2D eigenvalue weighted by Gasteiger charge is -2.25. The Morgan fingerprint density at radius 3 is 2.54 bits per heavy atom. The standard InChI is InChI=1S/C10H11ClOS/c11-9-1-3-10(4-2-9)13-7-8-5-12-6-8/h1-4,8H,5-7H2. The highest BCUT2D eigenvalue weighted by Gasteiger charge is 2.17. The summed E-state index contributed by atoms with van der Waals surface area (Å²) in [6.45, 7) is 1.86. The highest BCUT2D eigenvalue weighted by Crippen LogP contribution is 2.25. The molecule has 0 aliphatic carbocycles. The first-order valence-electron chi connectivity index (χ1n) is 4.31. The molecule has 0 atom stereocenters. The molecule has 1 saturated heterocycles. The highest BCUT2D eigenvalue weighted by molar-refractivity contribution is 7.99. The van der Waals surface area contributed by atoms with Crippen molar-refractivity contribution in [2.75, 3.05) is 19.0 Å². The molecule has 0 unspecified atom stereocenters. The number of rotatable bonds is 3. The van der Waals surface area contributed by atoms with Crippen LogP contribution >= 0.6 is 23.4 Å². The molecule has 13 heavy (non-hydrogen) atoms. The number of benzene rings is 1. The minimum absolute atomic E-state index is 0.751. The van der Waals surface area contributed by atoms with Crippen molar-refractivity contribution in [3.05, 3.63) is 29.3 Å². The van der Waals surface area contributed by atoms with Gasteiger partial charge < -0.3 is 4.74 Å². The van der Waals surface area contributed by atoms with Crippen molar-refractivity contribution in [3.8, 4) is 0 Å². The van der Waals surface area contributed by atoms with Crippen molar-refractivity contribution in [2.24, 2.45) is 5.92 Å². The largest absolute Gasteiger partial charge is 0.381 e. The van der Waals surface area contributed by atoms with Crippen molar-refractivity contribution < 1.29 is 4.74 Å². The second kappa shape index (κ2) is 4.36. The molecule has 1 aliphatic heterocycles. The van der Waals surface area contributed by atoms with E-state index in [2.05, 4.69) is 12.1 Å². The zero-order valence-corrected chi connectivity index (χ0v) is 8.77. The van der Waals surface area contributed by atoms with Gasteiger partial charge in [-0.2, -0.15) is 0 Å². The predicted octanol–water partition coefficient (Wildman–Crippen LogP) is 3.08. The maximum absolute atomic E-state index is 5.78. The summed E-state index contributed by atoms with van der Waals surface area (Å²) in [4.78, 5) is 1.29. The van der Waals surface area contributed by atoms with Crippen LogP contribution in [0.2, 0.25) is 5.02 Å². The van der Waals surface area contributed by atoms with E-state index in [1.165, 1.54) is 4.90 Å². The van der Waals surface area contributed by atoms with Gasteiger partial charge >= 0.3 is 0 Å². The van der Waals surface area contributed by atoms with Crippen LogP contribution in [0.3, 0.4) is 0 Å². The lowest BCUT2D eigenvalue weighted by atomic mass is 10.1. The van der Waals surface area contributed by atoms with E-state index in [-0.39, 0.29) is 0 Å². The number of thioether (sulfide) groups is 1. The molecule has 3 heteroatoms. The first kappa shape index (κ1) is 9.38. The minimum Gasteiger partial charge on any atom is -0.381 e. The van der Waals surface area contributed by atoms with Crippen LogP contribution in [0.4, 0.5) is 0 Å². The van der Waals surface area contributed by atoms with Gasteiger partial charge in [0.05, 0.1) is 13.2 Å². The van der Waals surface area contributed by atoms with Crippen LogP contribution in [-0.2, 0) is 4.74 Å². The molecule has 1 fully saturated rings. The van der Waals surface area contributed by atoms with Gasteiger partial charge in [0.2, 0.25) is 0 Å². The van der Waals surface area contributed by atoms with E-state index in [0.29, 0.717) is 0 Å². The summed E-state index contributed by atoms with van der Waals surface area (Å²) >= 11 is 7.66. The first-order chi connectivity index (χ1) is 6.34.